The molecule has 0 bridgehead atoms. The Balaban J connectivity index is 2.13. The number of ether oxygens (including phenoxy) is 1. The van der Waals surface area contributed by atoms with Gasteiger partial charge in [0.1, 0.15) is 0 Å². The average molecular weight is 376 g/mol. The zero-order valence-corrected chi connectivity index (χ0v) is 15.8. The summed E-state index contributed by atoms with van der Waals surface area (Å²) in [7, 11) is 1.31. The van der Waals surface area contributed by atoms with Crippen molar-refractivity contribution in [1.82, 2.24) is 10.3 Å². The van der Waals surface area contributed by atoms with Crippen molar-refractivity contribution in [2.24, 2.45) is 5.92 Å². The highest BCUT2D eigenvalue weighted by molar-refractivity contribution is 6.33. The van der Waals surface area contributed by atoms with Gasteiger partial charge in [0.05, 0.1) is 40.8 Å². The Labute approximate surface area is 157 Å². The van der Waals surface area contributed by atoms with Crippen molar-refractivity contribution in [2.45, 2.75) is 20.3 Å². The van der Waals surface area contributed by atoms with E-state index in [0.717, 1.165) is 6.42 Å². The molecule has 2 N–H and O–H groups in total. The van der Waals surface area contributed by atoms with Gasteiger partial charge in [0.2, 0.25) is 0 Å². The molecule has 0 aliphatic carbocycles. The summed E-state index contributed by atoms with van der Waals surface area (Å²) in [5, 5.41) is 6.38. The summed E-state index contributed by atoms with van der Waals surface area (Å²) in [6.07, 6.45) is 3.99. The van der Waals surface area contributed by atoms with Crippen molar-refractivity contribution in [1.29, 1.82) is 0 Å². The number of aromatic nitrogens is 1. The normalized spacial score (nSPS) is 10.5. The molecule has 138 valence electrons. The molecule has 0 atom stereocenters. The minimum Gasteiger partial charge on any atom is -0.465 e. The van der Waals surface area contributed by atoms with Gasteiger partial charge in [-0.25, -0.2) is 4.79 Å². The number of esters is 1. The number of hydrogen-bond acceptors (Lipinski definition) is 5. The van der Waals surface area contributed by atoms with Crippen LogP contribution in [0.25, 0.3) is 0 Å². The van der Waals surface area contributed by atoms with E-state index >= 15 is 0 Å². The fourth-order valence-electron chi connectivity index (χ4n) is 2.23. The molecular formula is C19H22ClN3O3. The molecule has 0 aliphatic heterocycles. The van der Waals surface area contributed by atoms with Gasteiger partial charge < -0.3 is 15.4 Å². The first kappa shape index (κ1) is 19.7. The number of amides is 1. The minimum atomic E-state index is -0.457. The zero-order chi connectivity index (χ0) is 19.1. The largest absolute Gasteiger partial charge is 0.465 e. The highest BCUT2D eigenvalue weighted by Crippen LogP contribution is 2.27. The van der Waals surface area contributed by atoms with Crippen molar-refractivity contribution in [2.75, 3.05) is 19.0 Å². The lowest BCUT2D eigenvalue weighted by molar-refractivity contribution is 0.0600. The number of carbonyl (C=O) groups is 2. The second-order valence-corrected chi connectivity index (χ2v) is 6.62. The van der Waals surface area contributed by atoms with Gasteiger partial charge in [-0.05, 0) is 36.6 Å². The molecule has 0 spiro atoms. The molecule has 1 aromatic heterocycles. The molecule has 2 aromatic rings. The third kappa shape index (κ3) is 5.46. The summed E-state index contributed by atoms with van der Waals surface area (Å²) in [6, 6.07) is 6.45. The van der Waals surface area contributed by atoms with Gasteiger partial charge in [0.25, 0.3) is 5.91 Å². The number of benzene rings is 1. The number of anilines is 2. The highest BCUT2D eigenvalue weighted by Gasteiger charge is 2.11. The summed E-state index contributed by atoms with van der Waals surface area (Å²) < 4.78 is 4.71. The number of carbonyl (C=O) groups excluding carboxylic acids is 2. The molecule has 0 unspecified atom stereocenters. The van der Waals surface area contributed by atoms with Crippen LogP contribution in [0.3, 0.4) is 0 Å². The van der Waals surface area contributed by atoms with E-state index in [1.165, 1.54) is 13.3 Å². The number of nitrogens with one attached hydrogen (secondary N) is 2. The predicted molar refractivity (Wildman–Crippen MR) is 102 cm³/mol. The van der Waals surface area contributed by atoms with Gasteiger partial charge in [-0.15, -0.1) is 0 Å². The van der Waals surface area contributed by atoms with Crippen LogP contribution >= 0.6 is 11.6 Å². The molecule has 0 fully saturated rings. The fourth-order valence-corrected chi connectivity index (χ4v) is 2.40. The number of rotatable bonds is 7. The van der Waals surface area contributed by atoms with Crippen LogP contribution in [-0.2, 0) is 4.74 Å². The van der Waals surface area contributed by atoms with E-state index in [1.54, 1.807) is 30.5 Å². The van der Waals surface area contributed by atoms with Crippen LogP contribution in [0.2, 0.25) is 5.02 Å². The molecule has 0 radical (unpaired) electrons. The smallest absolute Gasteiger partial charge is 0.337 e. The maximum Gasteiger partial charge on any atom is 0.337 e. The number of hydrogen-bond donors (Lipinski definition) is 2. The monoisotopic (exact) mass is 375 g/mol. The van der Waals surface area contributed by atoms with Crippen LogP contribution in [0, 0.1) is 5.92 Å². The van der Waals surface area contributed by atoms with Gasteiger partial charge >= 0.3 is 5.97 Å². The number of halogens is 1. The number of nitrogens with zero attached hydrogens (tertiary/aromatic N) is 1. The second-order valence-electron chi connectivity index (χ2n) is 6.21. The molecule has 1 heterocycles. The van der Waals surface area contributed by atoms with E-state index in [0.29, 0.717) is 40.0 Å². The standard InChI is InChI=1S/C19H22ClN3O3/c1-12(2)6-7-22-18(24)14-8-15(11-21-10-14)23-17-9-13(19(25)26-3)4-5-16(17)20/h4-5,8-12,23H,6-7H2,1-3H3,(H,22,24). The van der Waals surface area contributed by atoms with Crippen molar-refractivity contribution < 1.29 is 14.3 Å². The molecular weight excluding hydrogens is 354 g/mol. The third-order valence-corrected chi connectivity index (χ3v) is 4.00. The zero-order valence-electron chi connectivity index (χ0n) is 15.0. The molecule has 6 nitrogen and oxygen atoms in total. The Morgan fingerprint density at radius 2 is 1.96 bits per heavy atom. The predicted octanol–water partition coefficient (Wildman–Crippen LogP) is 4.04. The fraction of sp³-hybridized carbons (Fsp3) is 0.316. The van der Waals surface area contributed by atoms with Crippen molar-refractivity contribution in [3.05, 3.63) is 52.8 Å². The number of pyridine rings is 1. The Kier molecular flexibility index (Phi) is 6.97. The van der Waals surface area contributed by atoms with Gasteiger partial charge in [-0.2, -0.15) is 0 Å². The van der Waals surface area contributed by atoms with Crippen LogP contribution in [0.15, 0.2) is 36.7 Å². The van der Waals surface area contributed by atoms with Crippen molar-refractivity contribution >= 4 is 34.9 Å². The molecule has 7 heteroatoms. The Morgan fingerprint density at radius 3 is 2.65 bits per heavy atom. The van der Waals surface area contributed by atoms with E-state index in [4.69, 9.17) is 16.3 Å². The van der Waals surface area contributed by atoms with Gasteiger partial charge in [-0.1, -0.05) is 25.4 Å². The van der Waals surface area contributed by atoms with E-state index < -0.39 is 5.97 Å². The summed E-state index contributed by atoms with van der Waals surface area (Å²) in [5.41, 5.74) is 1.92. The van der Waals surface area contributed by atoms with E-state index in [9.17, 15) is 9.59 Å². The van der Waals surface area contributed by atoms with E-state index in [2.05, 4.69) is 29.5 Å². The first-order valence-corrected chi connectivity index (χ1v) is 8.66. The van der Waals surface area contributed by atoms with Gasteiger partial charge in [0.15, 0.2) is 0 Å². The Hall–Kier alpha value is -2.60. The van der Waals surface area contributed by atoms with E-state index in [1.807, 2.05) is 0 Å². The van der Waals surface area contributed by atoms with Crippen LogP contribution in [-0.4, -0.2) is 30.5 Å². The third-order valence-electron chi connectivity index (χ3n) is 3.67. The summed E-state index contributed by atoms with van der Waals surface area (Å²) in [6.45, 7) is 4.82. The Morgan fingerprint density at radius 1 is 1.19 bits per heavy atom. The molecule has 1 amide bonds. The Bertz CT molecular complexity index is 793. The van der Waals surface area contributed by atoms with Crippen LogP contribution in [0.1, 0.15) is 41.0 Å². The first-order valence-electron chi connectivity index (χ1n) is 8.29. The minimum absolute atomic E-state index is 0.184. The van der Waals surface area contributed by atoms with E-state index in [-0.39, 0.29) is 5.91 Å². The molecule has 0 saturated heterocycles. The topological polar surface area (TPSA) is 80.3 Å². The molecule has 2 rings (SSSR count). The summed E-state index contributed by atoms with van der Waals surface area (Å²) >= 11 is 6.18. The molecule has 0 aliphatic rings. The van der Waals surface area contributed by atoms with Crippen molar-refractivity contribution in [3.63, 3.8) is 0 Å². The van der Waals surface area contributed by atoms with Crippen LogP contribution in [0.5, 0.6) is 0 Å². The van der Waals surface area contributed by atoms with Gasteiger partial charge in [0, 0.05) is 12.7 Å². The molecule has 1 aromatic carbocycles. The van der Waals surface area contributed by atoms with Crippen molar-refractivity contribution in [3.8, 4) is 0 Å². The first-order chi connectivity index (χ1) is 12.4. The molecule has 0 saturated carbocycles. The summed E-state index contributed by atoms with van der Waals surface area (Å²) in [4.78, 5) is 28.0. The van der Waals surface area contributed by atoms with Gasteiger partial charge in [-0.3, -0.25) is 9.78 Å². The second kappa shape index (κ2) is 9.20. The maximum atomic E-state index is 12.2. The molecule has 26 heavy (non-hydrogen) atoms. The highest BCUT2D eigenvalue weighted by atomic mass is 35.5. The average Bonchev–Trinajstić information content (AvgIpc) is 2.62. The SMILES string of the molecule is COC(=O)c1ccc(Cl)c(Nc2cncc(C(=O)NCCC(C)C)c2)c1. The summed E-state index contributed by atoms with van der Waals surface area (Å²) in [5.74, 6) is -0.122. The lowest BCUT2D eigenvalue weighted by atomic mass is 10.1. The number of methoxy groups -OCH3 is 1. The lowest BCUT2D eigenvalue weighted by Gasteiger charge is -2.11. The quantitative estimate of drug-likeness (QED) is 0.714. The van der Waals surface area contributed by atoms with Crippen LogP contribution in [0.4, 0.5) is 11.4 Å². The lowest BCUT2D eigenvalue weighted by Crippen LogP contribution is -2.25. The maximum absolute atomic E-state index is 12.2. The van der Waals surface area contributed by atoms with Crippen LogP contribution < -0.4 is 10.6 Å².